The Labute approximate surface area is 103 Å². The molecule has 1 amide bonds. The summed E-state index contributed by atoms with van der Waals surface area (Å²) >= 11 is 0. The minimum absolute atomic E-state index is 0.0461. The lowest BCUT2D eigenvalue weighted by atomic mass is 10.4. The van der Waals surface area contributed by atoms with Crippen molar-refractivity contribution in [2.75, 3.05) is 30.4 Å². The van der Waals surface area contributed by atoms with E-state index in [-0.39, 0.29) is 23.9 Å². The number of hydrogen-bond acceptors (Lipinski definition) is 7. The van der Waals surface area contributed by atoms with Gasteiger partial charge in [0.05, 0.1) is 11.5 Å². The van der Waals surface area contributed by atoms with Crippen molar-refractivity contribution in [3.63, 3.8) is 0 Å². The van der Waals surface area contributed by atoms with Gasteiger partial charge in [0, 0.05) is 13.6 Å². The first kappa shape index (κ1) is 13.6. The van der Waals surface area contributed by atoms with E-state index in [1.54, 1.807) is 6.92 Å². The highest BCUT2D eigenvalue weighted by atomic mass is 16.6. The molecule has 3 N–H and O–H groups in total. The number of hydrogen-bond donors (Lipinski definition) is 2. The molecule has 1 aromatic heterocycles. The van der Waals surface area contributed by atoms with Crippen LogP contribution in [0.2, 0.25) is 0 Å². The Hall–Kier alpha value is -2.45. The molecule has 0 aliphatic carbocycles. The zero-order valence-corrected chi connectivity index (χ0v) is 10.1. The maximum absolute atomic E-state index is 11.1. The van der Waals surface area contributed by atoms with Gasteiger partial charge in [-0.25, -0.2) is 9.97 Å². The maximum Gasteiger partial charge on any atom is 0.353 e. The molecule has 0 aromatic carbocycles. The van der Waals surface area contributed by atoms with Gasteiger partial charge < -0.3 is 16.0 Å². The number of nitrogens with two attached hydrogens (primary N) is 1. The van der Waals surface area contributed by atoms with Crippen LogP contribution in [-0.4, -0.2) is 40.9 Å². The van der Waals surface area contributed by atoms with Gasteiger partial charge in [-0.05, 0) is 6.92 Å². The highest BCUT2D eigenvalue weighted by Crippen LogP contribution is 2.30. The Morgan fingerprint density at radius 2 is 2.28 bits per heavy atom. The molecule has 0 saturated heterocycles. The number of anilines is 2. The Morgan fingerprint density at radius 1 is 1.61 bits per heavy atom. The lowest BCUT2D eigenvalue weighted by Gasteiger charge is -2.16. The molecule has 0 unspecified atom stereocenters. The van der Waals surface area contributed by atoms with Crippen molar-refractivity contribution in [2.24, 2.45) is 5.73 Å². The molecule has 0 radical (unpaired) electrons. The summed E-state index contributed by atoms with van der Waals surface area (Å²) in [5.41, 5.74) is 4.77. The van der Waals surface area contributed by atoms with E-state index in [0.29, 0.717) is 6.54 Å². The van der Waals surface area contributed by atoms with Crippen LogP contribution < -0.4 is 16.0 Å². The fourth-order valence-corrected chi connectivity index (χ4v) is 1.42. The van der Waals surface area contributed by atoms with Gasteiger partial charge in [-0.1, -0.05) is 0 Å². The van der Waals surface area contributed by atoms with Crippen molar-refractivity contribution in [3.8, 4) is 0 Å². The molecule has 0 bridgehead atoms. The predicted molar refractivity (Wildman–Crippen MR) is 65.3 cm³/mol. The summed E-state index contributed by atoms with van der Waals surface area (Å²) in [7, 11) is 1.50. The third-order valence-electron chi connectivity index (χ3n) is 2.08. The largest absolute Gasteiger partial charge is 0.368 e. The Kier molecular flexibility index (Phi) is 4.35. The number of likely N-dealkylation sites (N-methyl/N-ethyl adjacent to an activating group) is 1. The number of nitrogens with one attached hydrogen (secondary N) is 1. The summed E-state index contributed by atoms with van der Waals surface area (Å²) in [5, 5.41) is 13.8. The highest BCUT2D eigenvalue weighted by Gasteiger charge is 2.25. The molecule has 0 aliphatic rings. The van der Waals surface area contributed by atoms with Gasteiger partial charge in [0.1, 0.15) is 6.33 Å². The first-order chi connectivity index (χ1) is 8.47. The second-order valence-corrected chi connectivity index (χ2v) is 3.50. The van der Waals surface area contributed by atoms with Crippen LogP contribution in [0.1, 0.15) is 6.92 Å². The number of nitro groups is 1. The smallest absolute Gasteiger partial charge is 0.353 e. The van der Waals surface area contributed by atoms with Gasteiger partial charge in [0.15, 0.2) is 0 Å². The van der Waals surface area contributed by atoms with E-state index in [1.165, 1.54) is 18.3 Å². The van der Waals surface area contributed by atoms with E-state index in [4.69, 9.17) is 5.73 Å². The minimum atomic E-state index is -0.601. The van der Waals surface area contributed by atoms with Gasteiger partial charge in [-0.3, -0.25) is 14.9 Å². The molecule has 0 fully saturated rings. The number of carbonyl (C=O) groups is 1. The molecule has 9 nitrogen and oxygen atoms in total. The van der Waals surface area contributed by atoms with E-state index in [2.05, 4.69) is 15.3 Å². The molecular formula is C9H14N6O3. The van der Waals surface area contributed by atoms with Crippen LogP contribution in [0, 0.1) is 10.1 Å². The molecule has 0 spiro atoms. The zero-order chi connectivity index (χ0) is 13.7. The normalized spacial score (nSPS) is 9.89. The summed E-state index contributed by atoms with van der Waals surface area (Å²) < 4.78 is 0. The monoisotopic (exact) mass is 254 g/mol. The van der Waals surface area contributed by atoms with E-state index in [1.807, 2.05) is 0 Å². The third-order valence-corrected chi connectivity index (χ3v) is 2.08. The average Bonchev–Trinajstić information content (AvgIpc) is 2.27. The van der Waals surface area contributed by atoms with Crippen LogP contribution >= 0.6 is 0 Å². The topological polar surface area (TPSA) is 127 Å². The zero-order valence-electron chi connectivity index (χ0n) is 10.1. The number of rotatable bonds is 6. The number of primary amides is 1. The molecule has 98 valence electrons. The Morgan fingerprint density at radius 3 is 2.78 bits per heavy atom. The summed E-state index contributed by atoms with van der Waals surface area (Å²) in [5.74, 6) is -0.441. The van der Waals surface area contributed by atoms with Crippen molar-refractivity contribution in [1.82, 2.24) is 9.97 Å². The van der Waals surface area contributed by atoms with Crippen LogP contribution in [0.25, 0.3) is 0 Å². The van der Waals surface area contributed by atoms with Crippen molar-refractivity contribution in [1.29, 1.82) is 0 Å². The van der Waals surface area contributed by atoms with E-state index >= 15 is 0 Å². The van der Waals surface area contributed by atoms with Crippen LogP contribution in [0.3, 0.4) is 0 Å². The first-order valence-electron chi connectivity index (χ1n) is 5.20. The molecule has 1 heterocycles. The molecule has 1 aromatic rings. The van der Waals surface area contributed by atoms with E-state index in [0.717, 1.165) is 0 Å². The number of aromatic nitrogens is 2. The van der Waals surface area contributed by atoms with Crippen molar-refractivity contribution in [3.05, 3.63) is 16.4 Å². The highest BCUT2D eigenvalue weighted by molar-refractivity contribution is 5.81. The average molecular weight is 254 g/mol. The van der Waals surface area contributed by atoms with Gasteiger partial charge in [0.2, 0.25) is 17.5 Å². The van der Waals surface area contributed by atoms with E-state index in [9.17, 15) is 14.9 Å². The van der Waals surface area contributed by atoms with Gasteiger partial charge in [-0.2, -0.15) is 0 Å². The van der Waals surface area contributed by atoms with Gasteiger partial charge in [0.25, 0.3) is 0 Å². The fourth-order valence-electron chi connectivity index (χ4n) is 1.42. The van der Waals surface area contributed by atoms with Crippen LogP contribution in [-0.2, 0) is 4.79 Å². The van der Waals surface area contributed by atoms with Gasteiger partial charge >= 0.3 is 5.69 Å². The van der Waals surface area contributed by atoms with Crippen molar-refractivity contribution in [2.45, 2.75) is 6.92 Å². The summed E-state index contributed by atoms with van der Waals surface area (Å²) in [6, 6.07) is 0. The molecule has 18 heavy (non-hydrogen) atoms. The molecule has 9 heteroatoms. The molecule has 1 rings (SSSR count). The van der Waals surface area contributed by atoms with Crippen molar-refractivity contribution >= 4 is 23.2 Å². The summed E-state index contributed by atoms with van der Waals surface area (Å²) in [6.45, 7) is 2.11. The molecule has 0 aliphatic heterocycles. The quantitative estimate of drug-likeness (QED) is 0.528. The maximum atomic E-state index is 11.1. The van der Waals surface area contributed by atoms with Gasteiger partial charge in [-0.15, -0.1) is 0 Å². The second-order valence-electron chi connectivity index (χ2n) is 3.50. The molecule has 0 atom stereocenters. The number of carbonyl (C=O) groups excluding carboxylic acids is 1. The first-order valence-corrected chi connectivity index (χ1v) is 5.20. The Balaban J connectivity index is 3.21. The molecular weight excluding hydrogens is 240 g/mol. The second kappa shape index (κ2) is 5.75. The van der Waals surface area contributed by atoms with Crippen LogP contribution in [0.15, 0.2) is 6.33 Å². The minimum Gasteiger partial charge on any atom is -0.368 e. The van der Waals surface area contributed by atoms with Crippen molar-refractivity contribution < 1.29 is 9.72 Å². The Bertz CT molecular complexity index is 464. The summed E-state index contributed by atoms with van der Waals surface area (Å²) in [6.07, 6.45) is 1.19. The fraction of sp³-hybridized carbons (Fsp3) is 0.444. The third kappa shape index (κ3) is 3.03. The molecule has 0 saturated carbocycles. The lowest BCUT2D eigenvalue weighted by molar-refractivity contribution is -0.383. The summed E-state index contributed by atoms with van der Waals surface area (Å²) in [4.78, 5) is 30.2. The number of amides is 1. The number of nitrogens with zero attached hydrogens (tertiary/aromatic N) is 4. The standard InChI is InChI=1S/C9H14N6O3/c1-3-11-8-7(15(17)18)9(13-5-12-8)14(2)4-6(10)16/h5H,3-4H2,1-2H3,(H2,10,16)(H,11,12,13). The lowest BCUT2D eigenvalue weighted by Crippen LogP contribution is -2.31. The van der Waals surface area contributed by atoms with Crippen LogP contribution in [0.5, 0.6) is 0 Å². The SMILES string of the molecule is CCNc1ncnc(N(C)CC(N)=O)c1[N+](=O)[O-]. The van der Waals surface area contributed by atoms with Crippen LogP contribution in [0.4, 0.5) is 17.3 Å². The predicted octanol–water partition coefficient (Wildman–Crippen LogP) is -0.262. The van der Waals surface area contributed by atoms with E-state index < -0.39 is 10.8 Å².